The van der Waals surface area contributed by atoms with E-state index in [1.807, 2.05) is 56.1 Å². The van der Waals surface area contributed by atoms with Crippen molar-refractivity contribution in [3.8, 4) is 11.5 Å². The molecule has 13 heteroatoms. The average Bonchev–Trinajstić information content (AvgIpc) is 3.53. The first-order valence-electron chi connectivity index (χ1n) is 13.3. The molecule has 1 aromatic heterocycles. The van der Waals surface area contributed by atoms with Crippen LogP contribution in [-0.2, 0) is 29.2 Å². The van der Waals surface area contributed by atoms with Crippen LogP contribution in [0.3, 0.4) is 0 Å². The van der Waals surface area contributed by atoms with E-state index in [1.54, 1.807) is 17.0 Å². The van der Waals surface area contributed by atoms with Crippen molar-refractivity contribution in [1.82, 2.24) is 30.4 Å². The molecule has 1 aliphatic rings. The summed E-state index contributed by atoms with van der Waals surface area (Å²) in [5.41, 5.74) is 4.56. The zero-order valence-corrected chi connectivity index (χ0v) is 25.5. The van der Waals surface area contributed by atoms with Gasteiger partial charge in [-0.3, -0.25) is 14.6 Å². The monoisotopic (exact) mass is 607 g/mol. The van der Waals surface area contributed by atoms with Gasteiger partial charge in [0.15, 0.2) is 0 Å². The molecule has 0 saturated carbocycles. The number of carbonyl (C=O) groups is 2. The maximum Gasteiger partial charge on any atom is 0.437 e. The van der Waals surface area contributed by atoms with Gasteiger partial charge in [0.05, 0.1) is 13.1 Å². The Morgan fingerprint density at radius 1 is 1.02 bits per heavy atom. The SMILES string of the molecule is CCNCCNC(=O)CN(CC(=O)N(C)N1Cc2ccccc2C1)c1cc(-c2nn(CC)c(=O)o2)ccc1C.Cl.Cl. The fourth-order valence-electron chi connectivity index (χ4n) is 4.58. The van der Waals surface area contributed by atoms with Crippen molar-refractivity contribution in [3.05, 3.63) is 69.7 Å². The molecule has 11 nitrogen and oxygen atoms in total. The number of amides is 2. The molecular weight excluding hydrogens is 569 g/mol. The van der Waals surface area contributed by atoms with E-state index in [2.05, 4.69) is 27.9 Å². The third-order valence-electron chi connectivity index (χ3n) is 6.85. The number of carbonyl (C=O) groups excluding carboxylic acids is 2. The minimum absolute atomic E-state index is 0. The van der Waals surface area contributed by atoms with E-state index < -0.39 is 5.76 Å². The molecule has 4 rings (SSSR count). The Morgan fingerprint density at radius 3 is 2.32 bits per heavy atom. The number of nitrogens with one attached hydrogen (secondary N) is 2. The van der Waals surface area contributed by atoms with Gasteiger partial charge in [0.25, 0.3) is 5.91 Å². The molecule has 0 spiro atoms. The van der Waals surface area contributed by atoms with Crippen LogP contribution in [0.5, 0.6) is 0 Å². The van der Waals surface area contributed by atoms with Gasteiger partial charge in [-0.15, -0.1) is 29.9 Å². The van der Waals surface area contributed by atoms with E-state index in [1.165, 1.54) is 15.8 Å². The van der Waals surface area contributed by atoms with E-state index in [-0.39, 0.29) is 55.6 Å². The topological polar surface area (TPSA) is 116 Å². The van der Waals surface area contributed by atoms with E-state index in [9.17, 15) is 14.4 Å². The van der Waals surface area contributed by atoms with Crippen LogP contribution >= 0.6 is 24.8 Å². The van der Waals surface area contributed by atoms with Crippen molar-refractivity contribution in [2.24, 2.45) is 0 Å². The standard InChI is InChI=1S/C28H37N7O4.2ClH/c1-5-29-13-14-30-25(36)18-33(19-26(37)32(4)34-16-22-9-7-8-10-23(22)17-34)24-15-21(12-11-20(24)3)27-31-35(6-2)28(38)39-27;;/h7-12,15,29H,5-6,13-14,16-19H2,1-4H3,(H,30,36);2*1H. The first-order chi connectivity index (χ1) is 18.8. The summed E-state index contributed by atoms with van der Waals surface area (Å²) in [6, 6.07) is 13.6. The number of halogens is 2. The number of hydrazine groups is 1. The van der Waals surface area contributed by atoms with Crippen LogP contribution in [0.15, 0.2) is 51.7 Å². The molecule has 0 radical (unpaired) electrons. The zero-order chi connectivity index (χ0) is 27.9. The van der Waals surface area contributed by atoms with Crippen LogP contribution in [0.2, 0.25) is 0 Å². The smallest absolute Gasteiger partial charge is 0.388 e. The number of anilines is 1. The predicted molar refractivity (Wildman–Crippen MR) is 163 cm³/mol. The van der Waals surface area contributed by atoms with Gasteiger partial charge in [-0.1, -0.05) is 37.3 Å². The summed E-state index contributed by atoms with van der Waals surface area (Å²) in [4.78, 5) is 40.3. The summed E-state index contributed by atoms with van der Waals surface area (Å²) in [5, 5.41) is 14.0. The highest BCUT2D eigenvalue weighted by atomic mass is 35.5. The van der Waals surface area contributed by atoms with Crippen LogP contribution in [-0.4, -0.2) is 71.4 Å². The Balaban J connectivity index is 0.00000294. The van der Waals surface area contributed by atoms with Crippen molar-refractivity contribution in [1.29, 1.82) is 0 Å². The number of aryl methyl sites for hydroxylation is 2. The summed E-state index contributed by atoms with van der Waals surface area (Å²) in [5.74, 6) is -0.676. The van der Waals surface area contributed by atoms with Gasteiger partial charge >= 0.3 is 5.76 Å². The lowest BCUT2D eigenvalue weighted by molar-refractivity contribution is -0.145. The Kier molecular flexibility index (Phi) is 12.8. The molecule has 2 amide bonds. The number of hydrogen-bond donors (Lipinski definition) is 2. The molecule has 0 saturated heterocycles. The Bertz CT molecular complexity index is 1350. The molecule has 2 aromatic carbocycles. The van der Waals surface area contributed by atoms with Gasteiger partial charge < -0.3 is 20.0 Å². The molecule has 0 fully saturated rings. The maximum absolute atomic E-state index is 13.5. The molecule has 224 valence electrons. The van der Waals surface area contributed by atoms with E-state index >= 15 is 0 Å². The lowest BCUT2D eigenvalue weighted by Crippen LogP contribution is -2.48. The maximum atomic E-state index is 13.5. The van der Waals surface area contributed by atoms with E-state index in [4.69, 9.17) is 4.42 Å². The highest BCUT2D eigenvalue weighted by molar-refractivity contribution is 5.87. The Hall–Kier alpha value is -3.38. The van der Waals surface area contributed by atoms with Gasteiger partial charge in [0, 0.05) is 51.0 Å². The number of fused-ring (bicyclic) bond motifs is 1. The lowest BCUT2D eigenvalue weighted by atomic mass is 10.1. The summed E-state index contributed by atoms with van der Waals surface area (Å²) in [6.45, 7) is 9.37. The first kappa shape index (κ1) is 33.8. The summed E-state index contributed by atoms with van der Waals surface area (Å²) >= 11 is 0. The van der Waals surface area contributed by atoms with Crippen molar-refractivity contribution in [2.75, 3.05) is 44.7 Å². The van der Waals surface area contributed by atoms with Crippen LogP contribution in [0, 0.1) is 6.92 Å². The van der Waals surface area contributed by atoms with Gasteiger partial charge in [0.2, 0.25) is 11.8 Å². The molecule has 3 aromatic rings. The number of aromatic nitrogens is 2. The van der Waals surface area contributed by atoms with Gasteiger partial charge in [-0.25, -0.2) is 9.80 Å². The second-order valence-corrected chi connectivity index (χ2v) is 9.56. The minimum atomic E-state index is -0.532. The highest BCUT2D eigenvalue weighted by Crippen LogP contribution is 2.28. The third kappa shape index (κ3) is 8.32. The largest absolute Gasteiger partial charge is 0.437 e. The average molecular weight is 609 g/mol. The molecule has 41 heavy (non-hydrogen) atoms. The van der Waals surface area contributed by atoms with Gasteiger partial charge in [-0.05, 0) is 49.2 Å². The number of hydrogen-bond acceptors (Lipinski definition) is 8. The second-order valence-electron chi connectivity index (χ2n) is 9.56. The van der Waals surface area contributed by atoms with Crippen LogP contribution in [0.1, 0.15) is 30.5 Å². The third-order valence-corrected chi connectivity index (χ3v) is 6.85. The number of benzene rings is 2. The molecule has 0 atom stereocenters. The molecule has 0 bridgehead atoms. The summed E-state index contributed by atoms with van der Waals surface area (Å²) in [7, 11) is 1.76. The normalized spacial score (nSPS) is 12.2. The minimum Gasteiger partial charge on any atom is -0.388 e. The molecule has 2 heterocycles. The molecule has 1 aliphatic heterocycles. The summed E-state index contributed by atoms with van der Waals surface area (Å²) in [6.07, 6.45) is 0. The van der Waals surface area contributed by atoms with Crippen LogP contribution in [0.25, 0.3) is 11.5 Å². The number of nitrogens with zero attached hydrogens (tertiary/aromatic N) is 5. The fourth-order valence-corrected chi connectivity index (χ4v) is 4.58. The first-order valence-corrected chi connectivity index (χ1v) is 13.3. The Labute approximate surface area is 252 Å². The second kappa shape index (κ2) is 15.6. The number of likely N-dealkylation sites (N-methyl/N-ethyl adjacent to an activating group) is 2. The van der Waals surface area contributed by atoms with Crippen molar-refractivity contribution < 1.29 is 14.0 Å². The summed E-state index contributed by atoms with van der Waals surface area (Å²) < 4.78 is 6.60. The molecule has 2 N–H and O–H groups in total. The van der Waals surface area contributed by atoms with E-state index in [0.717, 1.165) is 12.1 Å². The molecular formula is C28H39Cl2N7O4. The van der Waals surface area contributed by atoms with Crippen LogP contribution in [0.4, 0.5) is 5.69 Å². The lowest BCUT2D eigenvalue weighted by Gasteiger charge is -2.32. The highest BCUT2D eigenvalue weighted by Gasteiger charge is 2.27. The van der Waals surface area contributed by atoms with E-state index in [0.29, 0.717) is 44.0 Å². The quantitative estimate of drug-likeness (QED) is 0.302. The van der Waals surface area contributed by atoms with Crippen LogP contribution < -0.4 is 21.3 Å². The van der Waals surface area contributed by atoms with Crippen molar-refractivity contribution >= 4 is 42.3 Å². The zero-order valence-electron chi connectivity index (χ0n) is 23.9. The Morgan fingerprint density at radius 2 is 1.71 bits per heavy atom. The molecule has 0 aliphatic carbocycles. The van der Waals surface area contributed by atoms with Crippen molar-refractivity contribution in [3.63, 3.8) is 0 Å². The van der Waals surface area contributed by atoms with Gasteiger partial charge in [0.1, 0.15) is 0 Å². The van der Waals surface area contributed by atoms with Gasteiger partial charge in [-0.2, -0.15) is 4.68 Å². The molecule has 0 unspecified atom stereocenters. The number of rotatable bonds is 12. The fraction of sp³-hybridized carbons (Fsp3) is 0.429. The van der Waals surface area contributed by atoms with Crippen molar-refractivity contribution in [2.45, 2.75) is 40.4 Å². The predicted octanol–water partition coefficient (Wildman–Crippen LogP) is 2.60.